The van der Waals surface area contributed by atoms with Gasteiger partial charge in [0.1, 0.15) is 0 Å². The molecule has 1 rings (SSSR count). The minimum Gasteiger partial charge on any atom is -1.00 e. The van der Waals surface area contributed by atoms with Crippen molar-refractivity contribution in [3.05, 3.63) is 44.9 Å². The minimum atomic E-state index is -0.278. The molecule has 0 spiro atoms. The summed E-state index contributed by atoms with van der Waals surface area (Å²) in [5.74, 6) is 0.331. The Bertz CT molecular complexity index is 169. The van der Waals surface area contributed by atoms with Gasteiger partial charge in [0.15, 0.2) is 0 Å². The largest absolute Gasteiger partial charge is 3.00 e. The topological polar surface area (TPSA) is 66.1 Å². The number of hydrogen-bond donors (Lipinski definition) is 0. The summed E-state index contributed by atoms with van der Waals surface area (Å²) in [5.41, 5.74) is 0. The van der Waals surface area contributed by atoms with Gasteiger partial charge in [-0.3, -0.25) is 4.79 Å². The Morgan fingerprint density at radius 3 is 1.80 bits per heavy atom. The first kappa shape index (κ1) is 24.4. The van der Waals surface area contributed by atoms with Crippen LogP contribution in [0.5, 0.6) is 0 Å². The third kappa shape index (κ3) is 12.1. The molecule has 0 saturated heterocycles. The fraction of sp³-hybridized carbons (Fsp3) is 0.111. The Morgan fingerprint density at radius 2 is 1.53 bits per heavy atom. The van der Waals surface area contributed by atoms with Crippen molar-refractivity contribution in [2.45, 2.75) is 0 Å². The Kier molecular flexibility index (Phi) is 32.1. The van der Waals surface area contributed by atoms with Crippen LogP contribution in [0.15, 0.2) is 0 Å². The van der Waals surface area contributed by atoms with E-state index in [1.807, 2.05) is 0 Å². The average molecular weight is 362 g/mol. The fourth-order valence-corrected chi connectivity index (χ4v) is 0.628. The van der Waals surface area contributed by atoms with E-state index in [2.05, 4.69) is 18.0 Å². The molecule has 0 aromatic heterocycles. The van der Waals surface area contributed by atoms with Crippen molar-refractivity contribution in [1.82, 2.24) is 0 Å². The number of carbonyl (C=O) groups excluding carboxylic acids is 1. The van der Waals surface area contributed by atoms with Crippen LogP contribution in [-0.2, 0) is 35.9 Å². The Morgan fingerprint density at radius 1 is 1.20 bits per heavy atom. The minimum absolute atomic E-state index is 0. The maximum atomic E-state index is 10.7. The maximum Gasteiger partial charge on any atom is 3.00 e. The normalized spacial score (nSPS) is 12.3. The van der Waals surface area contributed by atoms with Gasteiger partial charge in [-0.25, -0.2) is 0 Å². The van der Waals surface area contributed by atoms with Crippen LogP contribution in [0, 0.1) is 44.9 Å². The first-order chi connectivity index (χ1) is 6.34. The molecule has 1 aliphatic rings. The van der Waals surface area contributed by atoms with Crippen molar-refractivity contribution in [1.29, 1.82) is 0 Å². The van der Waals surface area contributed by atoms with Crippen LogP contribution in [0.4, 0.5) is 0 Å². The zero-order chi connectivity index (χ0) is 10.7. The second kappa shape index (κ2) is 19.7. The van der Waals surface area contributed by atoms with Crippen LogP contribution < -0.4 is 24.0 Å². The van der Waals surface area contributed by atoms with Gasteiger partial charge >= 0.3 is 45.6 Å². The van der Waals surface area contributed by atoms with Crippen LogP contribution >= 0.6 is 0 Å². The fourth-order valence-electron chi connectivity index (χ4n) is 0.628. The molecule has 80 valence electrons. The second-order valence-corrected chi connectivity index (χ2v) is 1.67. The molecule has 6 heteroatoms. The van der Waals surface area contributed by atoms with Gasteiger partial charge in [0.05, 0.1) is 13.0 Å². The van der Waals surface area contributed by atoms with E-state index in [0.717, 1.165) is 0 Å². The standard InChI is InChI=1S/C7H7O2.2CO.Fe.HI/c1-9-7(8)6-4-2-3-5-6;2*1-2;;/h2-5H,1H3;;;;1H/q;;;+3;/p-1. The SMILES string of the molecule is COC(=O)[C]1[CH][CH][CH][CH]1.[C-]#[O+].[C-]#[O+].[Fe+3].[I-]. The van der Waals surface area contributed by atoms with Gasteiger partial charge in [0.2, 0.25) is 0 Å². The summed E-state index contributed by atoms with van der Waals surface area (Å²) in [4.78, 5) is 10.7. The molecule has 0 amide bonds. The van der Waals surface area contributed by atoms with E-state index < -0.39 is 0 Å². The monoisotopic (exact) mass is 362 g/mol. The average Bonchev–Trinajstić information content (AvgIpc) is 2.76. The molecule has 0 aliphatic heterocycles. The molecule has 1 fully saturated rings. The van der Waals surface area contributed by atoms with E-state index >= 15 is 0 Å². The number of esters is 1. The van der Waals surface area contributed by atoms with Crippen LogP contribution in [-0.4, -0.2) is 13.1 Å². The van der Waals surface area contributed by atoms with Crippen molar-refractivity contribution in [2.75, 3.05) is 7.11 Å². The molecule has 0 aromatic rings. The predicted octanol–water partition coefficient (Wildman–Crippen LogP) is -2.51. The summed E-state index contributed by atoms with van der Waals surface area (Å²) >= 11 is 0. The van der Waals surface area contributed by atoms with Crippen molar-refractivity contribution in [2.24, 2.45) is 0 Å². The summed E-state index contributed by atoms with van der Waals surface area (Å²) in [6, 6.07) is 0. The number of methoxy groups -OCH3 is 1. The van der Waals surface area contributed by atoms with Gasteiger partial charge in [-0.05, 0) is 25.7 Å². The first-order valence-corrected chi connectivity index (χ1v) is 3.05. The molecule has 4 nitrogen and oxygen atoms in total. The maximum absolute atomic E-state index is 10.7. The number of carbonyl (C=O) groups is 1. The summed E-state index contributed by atoms with van der Waals surface area (Å²) in [6.45, 7) is 9.00. The number of halogens is 1. The zero-order valence-corrected chi connectivity index (χ0v) is 10.9. The summed E-state index contributed by atoms with van der Waals surface area (Å²) in [5, 5.41) is 0. The number of hydrogen-bond acceptors (Lipinski definition) is 2. The molecule has 0 bridgehead atoms. The van der Waals surface area contributed by atoms with Crippen molar-refractivity contribution in [3.63, 3.8) is 0 Å². The van der Waals surface area contributed by atoms with E-state index in [4.69, 9.17) is 9.30 Å². The molecule has 15 heavy (non-hydrogen) atoms. The Hall–Kier alpha value is 0.199. The van der Waals surface area contributed by atoms with Crippen LogP contribution in [0.3, 0.4) is 0 Å². The molecule has 0 N–H and O–H groups in total. The summed E-state index contributed by atoms with van der Waals surface area (Å²) in [7, 11) is 1.37. The Balaban J connectivity index is -0.0000000910. The van der Waals surface area contributed by atoms with Gasteiger partial charge in [-0.1, -0.05) is 0 Å². The number of ether oxygens (including phenoxy) is 1. The second-order valence-electron chi connectivity index (χ2n) is 1.67. The van der Waals surface area contributed by atoms with Crippen molar-refractivity contribution in [3.8, 4) is 0 Å². The van der Waals surface area contributed by atoms with Crippen LogP contribution in [0.1, 0.15) is 0 Å². The molecular formula is C9H7FeIO4+2. The molecule has 1 aliphatic carbocycles. The van der Waals surface area contributed by atoms with E-state index in [1.54, 1.807) is 25.7 Å². The molecule has 0 heterocycles. The Labute approximate surface area is 117 Å². The van der Waals surface area contributed by atoms with Gasteiger partial charge in [-0.15, -0.1) is 0 Å². The molecule has 1 saturated carbocycles. The first-order valence-electron chi connectivity index (χ1n) is 3.05. The van der Waals surface area contributed by atoms with Crippen molar-refractivity contribution >= 4 is 5.97 Å². The van der Waals surface area contributed by atoms with E-state index in [9.17, 15) is 4.79 Å². The van der Waals surface area contributed by atoms with Gasteiger partial charge in [0, 0.05) is 0 Å². The van der Waals surface area contributed by atoms with E-state index in [-0.39, 0.29) is 47.0 Å². The molecular weight excluding hydrogens is 355 g/mol. The summed E-state index contributed by atoms with van der Waals surface area (Å²) < 4.78 is 19.5. The number of rotatable bonds is 1. The zero-order valence-electron chi connectivity index (χ0n) is 7.67. The van der Waals surface area contributed by atoms with Gasteiger partial charge in [0.25, 0.3) is 0 Å². The molecule has 0 atom stereocenters. The third-order valence-corrected chi connectivity index (χ3v) is 1.08. The van der Waals surface area contributed by atoms with E-state index in [0.29, 0.717) is 5.92 Å². The smallest absolute Gasteiger partial charge is 1.00 e. The third-order valence-electron chi connectivity index (χ3n) is 1.08. The van der Waals surface area contributed by atoms with Crippen LogP contribution in [0.25, 0.3) is 0 Å². The molecule has 6 radical (unpaired) electrons. The van der Waals surface area contributed by atoms with Gasteiger partial charge in [-0.2, -0.15) is 0 Å². The molecule has 0 aromatic carbocycles. The predicted molar refractivity (Wildman–Crippen MR) is 40.3 cm³/mol. The van der Waals surface area contributed by atoms with Gasteiger partial charge < -0.3 is 28.7 Å². The quantitative estimate of drug-likeness (QED) is 0.170. The van der Waals surface area contributed by atoms with Crippen LogP contribution in [0.2, 0.25) is 0 Å². The molecule has 0 unspecified atom stereocenters. The van der Waals surface area contributed by atoms with Crippen molar-refractivity contribution < 1.29 is 59.9 Å². The summed E-state index contributed by atoms with van der Waals surface area (Å²) in [6.07, 6.45) is 7.02. The van der Waals surface area contributed by atoms with E-state index in [1.165, 1.54) is 7.11 Å².